The molecular formula is C16H16FN3O4S. The third kappa shape index (κ3) is 5.71. The maximum Gasteiger partial charge on any atom is 0.311 e. The van der Waals surface area contributed by atoms with Gasteiger partial charge in [-0.05, 0) is 25.1 Å². The van der Waals surface area contributed by atoms with Crippen LogP contribution in [0.5, 0.6) is 0 Å². The summed E-state index contributed by atoms with van der Waals surface area (Å²) >= 11 is 1.01. The lowest BCUT2D eigenvalue weighted by atomic mass is 10.3. The van der Waals surface area contributed by atoms with E-state index < -0.39 is 22.6 Å². The Bertz CT molecular complexity index is 840. The second kappa shape index (κ2) is 8.43. The van der Waals surface area contributed by atoms with Crippen LogP contribution in [-0.4, -0.2) is 34.2 Å². The number of amides is 1. The van der Waals surface area contributed by atoms with Gasteiger partial charge in [0.15, 0.2) is 5.16 Å². The quantitative estimate of drug-likeness (QED) is 0.459. The van der Waals surface area contributed by atoms with Crippen molar-refractivity contribution < 1.29 is 18.7 Å². The first-order valence-corrected chi connectivity index (χ1v) is 8.15. The highest BCUT2D eigenvalue weighted by molar-refractivity contribution is 8.00. The molecule has 0 saturated heterocycles. The first-order chi connectivity index (χ1) is 11.9. The average molecular weight is 365 g/mol. The number of H-pyrrole nitrogens is 1. The summed E-state index contributed by atoms with van der Waals surface area (Å²) in [7, 11) is 1.24. The third-order valence-electron chi connectivity index (χ3n) is 3.08. The smallest absolute Gasteiger partial charge is 0.311 e. The van der Waals surface area contributed by atoms with E-state index >= 15 is 0 Å². The zero-order valence-corrected chi connectivity index (χ0v) is 14.4. The van der Waals surface area contributed by atoms with Crippen LogP contribution in [0.3, 0.4) is 0 Å². The lowest BCUT2D eigenvalue weighted by molar-refractivity contribution is -0.139. The molecule has 1 amide bonds. The molecule has 1 heterocycles. The standard InChI is InChI=1S/C16H16FN3O4S/c1-9(15(23)18-11-5-3-4-10(17)6-11)25-16-19-12(7-13(21)20-16)8-14(22)24-2/h3-7,9H,8H2,1-2H3,(H,18,23)(H,19,20,21)/t9-/m1/s1. The number of aromatic amines is 1. The number of anilines is 1. The normalized spacial score (nSPS) is 11.6. The predicted molar refractivity (Wildman–Crippen MR) is 90.9 cm³/mol. The van der Waals surface area contributed by atoms with Crippen molar-refractivity contribution in [2.24, 2.45) is 0 Å². The monoisotopic (exact) mass is 365 g/mol. The zero-order chi connectivity index (χ0) is 18.4. The number of nitrogens with one attached hydrogen (secondary N) is 2. The van der Waals surface area contributed by atoms with E-state index in [0.717, 1.165) is 11.8 Å². The molecule has 0 aliphatic heterocycles. The SMILES string of the molecule is COC(=O)Cc1cc(=O)[nH]c(S[C@H](C)C(=O)Nc2cccc(F)c2)n1. The van der Waals surface area contributed by atoms with Gasteiger partial charge < -0.3 is 15.0 Å². The Morgan fingerprint density at radius 3 is 2.84 bits per heavy atom. The molecule has 1 atom stereocenters. The molecule has 9 heteroatoms. The highest BCUT2D eigenvalue weighted by atomic mass is 32.2. The second-order valence-electron chi connectivity index (χ2n) is 5.05. The topological polar surface area (TPSA) is 101 Å². The summed E-state index contributed by atoms with van der Waals surface area (Å²) in [4.78, 5) is 41.8. The van der Waals surface area contributed by atoms with Crippen molar-refractivity contribution in [2.45, 2.75) is 23.8 Å². The van der Waals surface area contributed by atoms with Crippen LogP contribution in [0.2, 0.25) is 0 Å². The Morgan fingerprint density at radius 1 is 1.40 bits per heavy atom. The molecular weight excluding hydrogens is 349 g/mol. The van der Waals surface area contributed by atoms with Gasteiger partial charge in [0.2, 0.25) is 5.91 Å². The lowest BCUT2D eigenvalue weighted by Crippen LogP contribution is -2.23. The highest BCUT2D eigenvalue weighted by Crippen LogP contribution is 2.20. The minimum absolute atomic E-state index is 0.141. The molecule has 132 valence electrons. The first kappa shape index (κ1) is 18.7. The van der Waals surface area contributed by atoms with Crippen LogP contribution < -0.4 is 10.9 Å². The fraction of sp³-hybridized carbons (Fsp3) is 0.250. The number of carbonyl (C=O) groups excluding carboxylic acids is 2. The number of ether oxygens (including phenoxy) is 1. The summed E-state index contributed by atoms with van der Waals surface area (Å²) in [6.45, 7) is 1.62. The van der Waals surface area contributed by atoms with E-state index in [4.69, 9.17) is 0 Å². The molecule has 0 unspecified atom stereocenters. The van der Waals surface area contributed by atoms with Gasteiger partial charge in [0.05, 0.1) is 24.5 Å². The third-order valence-corrected chi connectivity index (χ3v) is 4.06. The molecule has 0 fully saturated rings. The van der Waals surface area contributed by atoms with E-state index in [2.05, 4.69) is 20.0 Å². The predicted octanol–water partition coefficient (Wildman–Crippen LogP) is 1.74. The van der Waals surface area contributed by atoms with Crippen LogP contribution in [0, 0.1) is 5.82 Å². The fourth-order valence-corrected chi connectivity index (χ4v) is 2.71. The van der Waals surface area contributed by atoms with Crippen LogP contribution in [0.15, 0.2) is 40.3 Å². The number of hydrogen-bond acceptors (Lipinski definition) is 6. The van der Waals surface area contributed by atoms with E-state index in [9.17, 15) is 18.8 Å². The van der Waals surface area contributed by atoms with Crippen molar-refractivity contribution in [3.05, 3.63) is 52.2 Å². The summed E-state index contributed by atoms with van der Waals surface area (Å²) in [5, 5.41) is 2.17. The number of thioether (sulfide) groups is 1. The molecule has 0 saturated carbocycles. The Labute approximate surface area is 147 Å². The summed E-state index contributed by atoms with van der Waals surface area (Å²) in [5.41, 5.74) is 0.142. The number of nitrogens with zero attached hydrogens (tertiary/aromatic N) is 1. The molecule has 25 heavy (non-hydrogen) atoms. The molecule has 7 nitrogen and oxygen atoms in total. The van der Waals surface area contributed by atoms with Crippen LogP contribution in [-0.2, 0) is 20.7 Å². The Morgan fingerprint density at radius 2 is 2.16 bits per heavy atom. The Hall–Kier alpha value is -2.68. The van der Waals surface area contributed by atoms with E-state index in [0.29, 0.717) is 5.69 Å². The lowest BCUT2D eigenvalue weighted by Gasteiger charge is -2.12. The fourth-order valence-electron chi connectivity index (χ4n) is 1.88. The minimum atomic E-state index is -0.611. The number of carbonyl (C=O) groups is 2. The van der Waals surface area contributed by atoms with Crippen molar-refractivity contribution >= 4 is 29.3 Å². The summed E-state index contributed by atoms with van der Waals surface area (Å²) < 4.78 is 17.7. The summed E-state index contributed by atoms with van der Waals surface area (Å²) in [6.07, 6.45) is -0.141. The van der Waals surface area contributed by atoms with E-state index in [1.54, 1.807) is 13.0 Å². The van der Waals surface area contributed by atoms with Gasteiger partial charge in [0.1, 0.15) is 5.82 Å². The summed E-state index contributed by atoms with van der Waals surface area (Å²) in [6, 6.07) is 6.72. The van der Waals surface area contributed by atoms with Crippen LogP contribution >= 0.6 is 11.8 Å². The number of methoxy groups -OCH3 is 1. The molecule has 2 aromatic rings. The van der Waals surface area contributed by atoms with Crippen molar-refractivity contribution in [3.63, 3.8) is 0 Å². The number of rotatable bonds is 6. The maximum absolute atomic E-state index is 13.1. The van der Waals surface area contributed by atoms with Gasteiger partial charge in [-0.3, -0.25) is 14.4 Å². The van der Waals surface area contributed by atoms with Crippen molar-refractivity contribution in [1.29, 1.82) is 0 Å². The Kier molecular flexibility index (Phi) is 6.29. The number of hydrogen-bond donors (Lipinski definition) is 2. The molecule has 1 aromatic heterocycles. The molecule has 2 N–H and O–H groups in total. The van der Waals surface area contributed by atoms with Gasteiger partial charge in [0.25, 0.3) is 5.56 Å². The molecule has 2 rings (SSSR count). The average Bonchev–Trinajstić information content (AvgIpc) is 2.54. The van der Waals surface area contributed by atoms with Gasteiger partial charge in [-0.15, -0.1) is 0 Å². The number of esters is 1. The maximum atomic E-state index is 13.1. The van der Waals surface area contributed by atoms with Crippen LogP contribution in [0.4, 0.5) is 10.1 Å². The number of halogens is 1. The van der Waals surface area contributed by atoms with Gasteiger partial charge >= 0.3 is 5.97 Å². The highest BCUT2D eigenvalue weighted by Gasteiger charge is 2.17. The zero-order valence-electron chi connectivity index (χ0n) is 13.5. The van der Waals surface area contributed by atoms with Crippen LogP contribution in [0.25, 0.3) is 0 Å². The largest absolute Gasteiger partial charge is 0.469 e. The second-order valence-corrected chi connectivity index (χ2v) is 6.38. The van der Waals surface area contributed by atoms with E-state index in [-0.39, 0.29) is 23.2 Å². The van der Waals surface area contributed by atoms with Gasteiger partial charge in [-0.25, -0.2) is 9.37 Å². The van der Waals surface area contributed by atoms with E-state index in [1.165, 1.54) is 31.4 Å². The minimum Gasteiger partial charge on any atom is -0.469 e. The van der Waals surface area contributed by atoms with Crippen molar-refractivity contribution in [1.82, 2.24) is 9.97 Å². The van der Waals surface area contributed by atoms with Gasteiger partial charge in [-0.2, -0.15) is 0 Å². The van der Waals surface area contributed by atoms with E-state index in [1.807, 2.05) is 0 Å². The number of aromatic nitrogens is 2. The molecule has 0 aliphatic carbocycles. The Balaban J connectivity index is 2.06. The molecule has 1 aromatic carbocycles. The molecule has 0 bridgehead atoms. The summed E-state index contributed by atoms with van der Waals surface area (Å²) in [5.74, 6) is -1.36. The van der Waals surface area contributed by atoms with Crippen LogP contribution in [0.1, 0.15) is 12.6 Å². The molecule has 0 radical (unpaired) electrons. The first-order valence-electron chi connectivity index (χ1n) is 7.27. The molecule has 0 aliphatic rings. The van der Waals surface area contributed by atoms with Crippen molar-refractivity contribution in [3.8, 4) is 0 Å². The van der Waals surface area contributed by atoms with Gasteiger partial charge in [0, 0.05) is 11.8 Å². The molecule has 0 spiro atoms. The number of benzene rings is 1. The van der Waals surface area contributed by atoms with Gasteiger partial charge in [-0.1, -0.05) is 17.8 Å². The van der Waals surface area contributed by atoms with Crippen molar-refractivity contribution in [2.75, 3.05) is 12.4 Å².